The van der Waals surface area contributed by atoms with Crippen molar-refractivity contribution in [3.8, 4) is 0 Å². The number of rotatable bonds is 2. The zero-order chi connectivity index (χ0) is 10.1. The zero-order valence-corrected chi connectivity index (χ0v) is 9.20. The molecule has 1 aliphatic rings. The van der Waals surface area contributed by atoms with Crippen molar-refractivity contribution >= 4 is 17.7 Å². The van der Waals surface area contributed by atoms with E-state index in [0.717, 1.165) is 12.8 Å². The van der Waals surface area contributed by atoms with Crippen molar-refractivity contribution in [2.45, 2.75) is 44.1 Å². The molecule has 1 fully saturated rings. The number of thioether (sulfide) groups is 1. The Labute approximate surface area is 83.3 Å². The monoisotopic (exact) mass is 203 g/mol. The van der Waals surface area contributed by atoms with Gasteiger partial charge in [0.15, 0.2) is 0 Å². The summed E-state index contributed by atoms with van der Waals surface area (Å²) < 4.78 is -0.317. The minimum atomic E-state index is -1.03. The predicted molar refractivity (Wildman–Crippen MR) is 54.5 cm³/mol. The number of amides is 1. The standard InChI is InChI=1S/C9H17NO2S/c1-4-9(5-2)7(11)10-8(3,12)6-13-9/h12H,4-6H2,1-3H3,(H,10,11). The van der Waals surface area contributed by atoms with Gasteiger partial charge in [-0.25, -0.2) is 0 Å². The zero-order valence-electron chi connectivity index (χ0n) is 8.39. The van der Waals surface area contributed by atoms with E-state index in [2.05, 4.69) is 5.32 Å². The summed E-state index contributed by atoms with van der Waals surface area (Å²) in [6, 6.07) is 0. The maximum atomic E-state index is 11.7. The average Bonchev–Trinajstić information content (AvgIpc) is 2.05. The summed E-state index contributed by atoms with van der Waals surface area (Å²) in [6.07, 6.45) is 1.63. The van der Waals surface area contributed by atoms with Gasteiger partial charge >= 0.3 is 0 Å². The van der Waals surface area contributed by atoms with Crippen LogP contribution in [-0.2, 0) is 4.79 Å². The van der Waals surface area contributed by atoms with Crippen molar-refractivity contribution in [2.75, 3.05) is 5.75 Å². The summed E-state index contributed by atoms with van der Waals surface area (Å²) in [5.41, 5.74) is -1.03. The lowest BCUT2D eigenvalue weighted by atomic mass is 10.00. The van der Waals surface area contributed by atoms with Crippen molar-refractivity contribution in [3.63, 3.8) is 0 Å². The third-order valence-electron chi connectivity index (χ3n) is 2.57. The molecule has 1 amide bonds. The molecule has 0 saturated carbocycles. The first-order valence-electron chi connectivity index (χ1n) is 4.65. The summed E-state index contributed by atoms with van der Waals surface area (Å²) in [5, 5.41) is 12.3. The van der Waals surface area contributed by atoms with Crippen molar-refractivity contribution in [1.29, 1.82) is 0 Å². The van der Waals surface area contributed by atoms with Crippen LogP contribution in [0.4, 0.5) is 0 Å². The van der Waals surface area contributed by atoms with Gasteiger partial charge in [-0.15, -0.1) is 11.8 Å². The van der Waals surface area contributed by atoms with E-state index in [1.807, 2.05) is 13.8 Å². The van der Waals surface area contributed by atoms with Gasteiger partial charge in [0.05, 0.1) is 4.75 Å². The number of carbonyl (C=O) groups excluding carboxylic acids is 1. The highest BCUT2D eigenvalue weighted by molar-refractivity contribution is 8.01. The van der Waals surface area contributed by atoms with Crippen LogP contribution in [0.5, 0.6) is 0 Å². The van der Waals surface area contributed by atoms with Gasteiger partial charge in [-0.3, -0.25) is 4.79 Å². The highest BCUT2D eigenvalue weighted by Crippen LogP contribution is 2.38. The molecule has 0 spiro atoms. The predicted octanol–water partition coefficient (Wildman–Crippen LogP) is 1.12. The molecule has 1 rings (SSSR count). The normalized spacial score (nSPS) is 32.8. The maximum absolute atomic E-state index is 11.7. The first-order chi connectivity index (χ1) is 5.96. The molecule has 13 heavy (non-hydrogen) atoms. The van der Waals surface area contributed by atoms with E-state index < -0.39 is 5.72 Å². The lowest BCUT2D eigenvalue weighted by Crippen LogP contribution is -2.60. The van der Waals surface area contributed by atoms with E-state index in [1.165, 1.54) is 0 Å². The summed E-state index contributed by atoms with van der Waals surface area (Å²) in [5.74, 6) is 0.541. The first kappa shape index (κ1) is 10.9. The summed E-state index contributed by atoms with van der Waals surface area (Å²) in [4.78, 5) is 11.7. The molecular formula is C9H17NO2S. The molecule has 1 aliphatic heterocycles. The first-order valence-corrected chi connectivity index (χ1v) is 5.63. The van der Waals surface area contributed by atoms with Crippen molar-refractivity contribution in [3.05, 3.63) is 0 Å². The number of nitrogens with one attached hydrogen (secondary N) is 1. The van der Waals surface area contributed by atoms with Crippen LogP contribution >= 0.6 is 11.8 Å². The van der Waals surface area contributed by atoms with Gasteiger partial charge in [0.1, 0.15) is 5.72 Å². The second kappa shape index (κ2) is 3.50. The molecule has 1 unspecified atom stereocenters. The number of hydrogen-bond acceptors (Lipinski definition) is 3. The second-order valence-electron chi connectivity index (χ2n) is 3.72. The van der Waals surface area contributed by atoms with Crippen LogP contribution in [0.25, 0.3) is 0 Å². The Balaban J connectivity index is 2.78. The van der Waals surface area contributed by atoms with Gasteiger partial charge < -0.3 is 10.4 Å². The molecule has 0 aliphatic carbocycles. The lowest BCUT2D eigenvalue weighted by Gasteiger charge is -2.40. The molecule has 0 bridgehead atoms. The van der Waals surface area contributed by atoms with Gasteiger partial charge in [-0.05, 0) is 19.8 Å². The smallest absolute Gasteiger partial charge is 0.238 e. The Kier molecular flexibility index (Phi) is 2.92. The Morgan fingerprint density at radius 3 is 2.46 bits per heavy atom. The van der Waals surface area contributed by atoms with Gasteiger partial charge in [0, 0.05) is 5.75 Å². The molecule has 1 heterocycles. The van der Waals surface area contributed by atoms with Gasteiger partial charge in [-0.2, -0.15) is 0 Å². The molecule has 2 N–H and O–H groups in total. The average molecular weight is 203 g/mol. The lowest BCUT2D eigenvalue weighted by molar-refractivity contribution is -0.130. The number of carbonyl (C=O) groups is 1. The van der Waals surface area contributed by atoms with Crippen LogP contribution in [-0.4, -0.2) is 27.2 Å². The summed E-state index contributed by atoms with van der Waals surface area (Å²) in [6.45, 7) is 5.65. The minimum absolute atomic E-state index is 0.0289. The van der Waals surface area contributed by atoms with Crippen LogP contribution in [0, 0.1) is 0 Å². The van der Waals surface area contributed by atoms with Crippen LogP contribution in [0.3, 0.4) is 0 Å². The van der Waals surface area contributed by atoms with Gasteiger partial charge in [0.2, 0.25) is 5.91 Å². The molecular weight excluding hydrogens is 186 g/mol. The maximum Gasteiger partial charge on any atom is 0.238 e. The SMILES string of the molecule is CCC1(CC)SCC(C)(O)NC1=O. The van der Waals surface area contributed by atoms with Crippen LogP contribution in [0.2, 0.25) is 0 Å². The van der Waals surface area contributed by atoms with Crippen molar-refractivity contribution in [2.24, 2.45) is 0 Å². The Morgan fingerprint density at radius 1 is 1.54 bits per heavy atom. The van der Waals surface area contributed by atoms with Crippen molar-refractivity contribution in [1.82, 2.24) is 5.32 Å². The summed E-state index contributed by atoms with van der Waals surface area (Å²) in [7, 11) is 0. The fourth-order valence-electron chi connectivity index (χ4n) is 1.51. The molecule has 0 aromatic heterocycles. The quantitative estimate of drug-likeness (QED) is 0.707. The third kappa shape index (κ3) is 1.99. The number of hydrogen-bond donors (Lipinski definition) is 2. The Morgan fingerprint density at radius 2 is 2.08 bits per heavy atom. The highest BCUT2D eigenvalue weighted by atomic mass is 32.2. The minimum Gasteiger partial charge on any atom is -0.370 e. The van der Waals surface area contributed by atoms with E-state index in [4.69, 9.17) is 0 Å². The van der Waals surface area contributed by atoms with Crippen molar-refractivity contribution < 1.29 is 9.90 Å². The second-order valence-corrected chi connectivity index (χ2v) is 5.08. The fraction of sp³-hybridized carbons (Fsp3) is 0.889. The Bertz CT molecular complexity index is 212. The molecule has 0 aromatic rings. The molecule has 3 nitrogen and oxygen atoms in total. The molecule has 1 atom stereocenters. The van der Waals surface area contributed by atoms with Gasteiger partial charge in [-0.1, -0.05) is 13.8 Å². The largest absolute Gasteiger partial charge is 0.370 e. The van der Waals surface area contributed by atoms with E-state index >= 15 is 0 Å². The van der Waals surface area contributed by atoms with E-state index in [9.17, 15) is 9.90 Å². The van der Waals surface area contributed by atoms with Gasteiger partial charge in [0.25, 0.3) is 0 Å². The molecule has 4 heteroatoms. The van der Waals surface area contributed by atoms with Crippen LogP contribution in [0.15, 0.2) is 0 Å². The molecule has 0 aromatic carbocycles. The topological polar surface area (TPSA) is 49.3 Å². The summed E-state index contributed by atoms with van der Waals surface area (Å²) >= 11 is 1.56. The fourth-order valence-corrected chi connectivity index (χ4v) is 2.73. The highest BCUT2D eigenvalue weighted by Gasteiger charge is 2.44. The van der Waals surface area contributed by atoms with E-state index in [0.29, 0.717) is 5.75 Å². The number of aliphatic hydroxyl groups is 1. The van der Waals surface area contributed by atoms with E-state index in [-0.39, 0.29) is 10.7 Å². The van der Waals surface area contributed by atoms with Crippen LogP contribution < -0.4 is 5.32 Å². The molecule has 0 radical (unpaired) electrons. The molecule has 76 valence electrons. The third-order valence-corrected chi connectivity index (χ3v) is 4.59. The van der Waals surface area contributed by atoms with Crippen LogP contribution in [0.1, 0.15) is 33.6 Å². The molecule has 1 saturated heterocycles. The Hall–Kier alpha value is -0.220. The van der Waals surface area contributed by atoms with E-state index in [1.54, 1.807) is 18.7 Å².